The van der Waals surface area contributed by atoms with Crippen molar-refractivity contribution < 1.29 is 13.2 Å². The summed E-state index contributed by atoms with van der Waals surface area (Å²) in [7, 11) is -3.21. The van der Waals surface area contributed by atoms with Crippen molar-refractivity contribution >= 4 is 20.7 Å². The van der Waals surface area contributed by atoms with Gasteiger partial charge in [-0.2, -0.15) is 0 Å². The minimum absolute atomic E-state index is 0.0199. The van der Waals surface area contributed by atoms with Crippen LogP contribution < -0.4 is 0 Å². The Balaban J connectivity index is 1.39. The summed E-state index contributed by atoms with van der Waals surface area (Å²) >= 11 is 0. The number of para-hydroxylation sites is 1. The number of nitrogens with one attached hydrogen (secondary N) is 2. The Morgan fingerprint density at radius 2 is 1.97 bits per heavy atom. The lowest BCUT2D eigenvalue weighted by atomic mass is 10.1. The van der Waals surface area contributed by atoms with E-state index in [-0.39, 0.29) is 6.04 Å². The molecule has 7 nitrogen and oxygen atoms in total. The second-order valence-electron chi connectivity index (χ2n) is 7.90. The average molecular weight is 437 g/mol. The van der Waals surface area contributed by atoms with Crippen molar-refractivity contribution in [2.24, 2.45) is 0 Å². The zero-order chi connectivity index (χ0) is 21.4. The number of benzene rings is 2. The van der Waals surface area contributed by atoms with Crippen LogP contribution in [0.15, 0.2) is 65.8 Å². The zero-order valence-corrected chi connectivity index (χ0v) is 18.0. The quantitative estimate of drug-likeness (QED) is 0.499. The van der Waals surface area contributed by atoms with E-state index in [9.17, 15) is 8.42 Å². The number of morpholine rings is 1. The van der Waals surface area contributed by atoms with Crippen LogP contribution in [0.3, 0.4) is 0 Å². The first kappa shape index (κ1) is 20.0. The van der Waals surface area contributed by atoms with Crippen LogP contribution >= 0.6 is 0 Å². The van der Waals surface area contributed by atoms with Crippen molar-refractivity contribution in [3.05, 3.63) is 72.3 Å². The molecule has 8 heteroatoms. The lowest BCUT2D eigenvalue weighted by Gasteiger charge is -2.34. The maximum absolute atomic E-state index is 11.7. The number of rotatable bonds is 5. The van der Waals surface area contributed by atoms with Gasteiger partial charge in [-0.25, -0.2) is 13.4 Å². The van der Waals surface area contributed by atoms with Gasteiger partial charge in [-0.3, -0.25) is 4.90 Å². The summed E-state index contributed by atoms with van der Waals surface area (Å²) < 4.78 is 29.2. The first-order valence-corrected chi connectivity index (χ1v) is 12.1. The molecular formula is C23H24N4O3S. The number of hydrogen-bond acceptors (Lipinski definition) is 5. The molecule has 2 aromatic carbocycles. The third-order valence-electron chi connectivity index (χ3n) is 5.79. The maximum atomic E-state index is 11.7. The van der Waals surface area contributed by atoms with E-state index in [0.29, 0.717) is 18.1 Å². The molecule has 1 atom stereocenters. The van der Waals surface area contributed by atoms with Crippen molar-refractivity contribution in [3.63, 3.8) is 0 Å². The van der Waals surface area contributed by atoms with Crippen LogP contribution in [0.1, 0.15) is 17.4 Å². The molecule has 1 aliphatic heterocycles. The van der Waals surface area contributed by atoms with Gasteiger partial charge in [0, 0.05) is 36.4 Å². The number of hydrogen-bond donors (Lipinski definition) is 2. The molecule has 0 radical (unpaired) electrons. The first-order chi connectivity index (χ1) is 15.0. The molecule has 5 rings (SSSR count). The van der Waals surface area contributed by atoms with E-state index < -0.39 is 9.84 Å². The molecule has 1 saturated heterocycles. The second-order valence-corrected chi connectivity index (χ2v) is 9.92. The number of H-pyrrole nitrogens is 2. The molecule has 0 unspecified atom stereocenters. The molecule has 0 bridgehead atoms. The highest BCUT2D eigenvalue weighted by Crippen LogP contribution is 2.28. The molecule has 0 amide bonds. The molecule has 0 saturated carbocycles. The molecule has 1 fully saturated rings. The average Bonchev–Trinajstić information content (AvgIpc) is 3.42. The van der Waals surface area contributed by atoms with Crippen molar-refractivity contribution in [2.45, 2.75) is 17.5 Å². The van der Waals surface area contributed by atoms with Crippen LogP contribution in [0.4, 0.5) is 0 Å². The van der Waals surface area contributed by atoms with Crippen LogP contribution in [-0.2, 0) is 21.1 Å². The monoisotopic (exact) mass is 436 g/mol. The normalized spacial score (nSPS) is 17.9. The van der Waals surface area contributed by atoms with Gasteiger partial charge in [-0.05, 0) is 29.3 Å². The summed E-state index contributed by atoms with van der Waals surface area (Å²) in [5.74, 6) is 0.849. The van der Waals surface area contributed by atoms with Gasteiger partial charge in [0.1, 0.15) is 5.82 Å². The summed E-state index contributed by atoms with van der Waals surface area (Å²) in [5.41, 5.74) is 4.14. The van der Waals surface area contributed by atoms with E-state index in [1.54, 1.807) is 30.5 Å². The lowest BCUT2D eigenvalue weighted by Crippen LogP contribution is -2.39. The second kappa shape index (κ2) is 7.96. The molecule has 4 aromatic rings. The summed E-state index contributed by atoms with van der Waals surface area (Å²) in [5, 5.41) is 1.24. The molecular weight excluding hydrogens is 412 g/mol. The molecule has 160 valence electrons. The summed E-state index contributed by atoms with van der Waals surface area (Å²) in [6.07, 6.45) is 5.08. The van der Waals surface area contributed by atoms with Crippen LogP contribution in [0.25, 0.3) is 22.2 Å². The number of nitrogens with zero attached hydrogens (tertiary/aromatic N) is 2. The Labute approximate surface area is 181 Å². The summed E-state index contributed by atoms with van der Waals surface area (Å²) in [4.78, 5) is 14.1. The van der Waals surface area contributed by atoms with Crippen LogP contribution in [-0.4, -0.2) is 54.3 Å². The van der Waals surface area contributed by atoms with Crippen molar-refractivity contribution in [2.75, 3.05) is 26.0 Å². The van der Waals surface area contributed by atoms with Gasteiger partial charge in [-0.1, -0.05) is 30.3 Å². The molecule has 1 aliphatic rings. The number of ether oxygens (including phenoxy) is 1. The van der Waals surface area contributed by atoms with E-state index in [1.807, 2.05) is 6.07 Å². The standard InChI is InChI=1S/C23H24N4O3S/c1-31(28,29)18-8-6-16(7-9-18)21-13-25-23(26-21)22-15-30-11-10-27(22)14-17-12-24-20-5-3-2-4-19(17)20/h2-9,12-13,22,24H,10-11,14-15H2,1H3,(H,25,26)/t22-/m0/s1. The van der Waals surface area contributed by atoms with Gasteiger partial charge < -0.3 is 14.7 Å². The number of imidazole rings is 1. The minimum Gasteiger partial charge on any atom is -0.378 e. The largest absolute Gasteiger partial charge is 0.378 e. The van der Waals surface area contributed by atoms with Gasteiger partial charge in [0.2, 0.25) is 0 Å². The van der Waals surface area contributed by atoms with Crippen molar-refractivity contribution in [1.29, 1.82) is 0 Å². The topological polar surface area (TPSA) is 91.1 Å². The maximum Gasteiger partial charge on any atom is 0.175 e. The Morgan fingerprint density at radius 3 is 2.77 bits per heavy atom. The van der Waals surface area contributed by atoms with Gasteiger partial charge >= 0.3 is 0 Å². The third kappa shape index (κ3) is 4.01. The highest BCUT2D eigenvalue weighted by Gasteiger charge is 2.28. The predicted molar refractivity (Wildman–Crippen MR) is 119 cm³/mol. The number of aromatic nitrogens is 3. The Morgan fingerprint density at radius 1 is 1.16 bits per heavy atom. The SMILES string of the molecule is CS(=O)(=O)c1ccc(-c2cnc([C@@H]3COCCN3Cc3c[nH]c4ccccc34)[nH]2)cc1. The predicted octanol–water partition coefficient (Wildman–Crippen LogP) is 3.54. The van der Waals surface area contributed by atoms with E-state index in [4.69, 9.17) is 4.74 Å². The van der Waals surface area contributed by atoms with E-state index in [2.05, 4.69) is 44.2 Å². The van der Waals surface area contributed by atoms with Crippen molar-refractivity contribution in [3.8, 4) is 11.3 Å². The van der Waals surface area contributed by atoms with Gasteiger partial charge in [-0.15, -0.1) is 0 Å². The first-order valence-electron chi connectivity index (χ1n) is 10.2. The van der Waals surface area contributed by atoms with Gasteiger partial charge in [0.25, 0.3) is 0 Å². The molecule has 31 heavy (non-hydrogen) atoms. The number of sulfone groups is 1. The molecule has 3 heterocycles. The number of aromatic amines is 2. The summed E-state index contributed by atoms with van der Waals surface area (Å²) in [6.45, 7) is 2.89. The zero-order valence-electron chi connectivity index (χ0n) is 17.2. The molecule has 0 aliphatic carbocycles. The van der Waals surface area contributed by atoms with Crippen LogP contribution in [0.5, 0.6) is 0 Å². The fourth-order valence-corrected chi connectivity index (χ4v) is 4.73. The van der Waals surface area contributed by atoms with Crippen LogP contribution in [0, 0.1) is 0 Å². The number of fused-ring (bicyclic) bond motifs is 1. The Hall–Kier alpha value is -2.94. The molecule has 0 spiro atoms. The Bertz CT molecular complexity index is 1310. The van der Waals surface area contributed by atoms with Gasteiger partial charge in [0.05, 0.1) is 36.0 Å². The van der Waals surface area contributed by atoms with Crippen molar-refractivity contribution in [1.82, 2.24) is 19.9 Å². The summed E-state index contributed by atoms with van der Waals surface area (Å²) in [6, 6.07) is 15.2. The van der Waals surface area contributed by atoms with Gasteiger partial charge in [0.15, 0.2) is 9.84 Å². The molecule has 2 N–H and O–H groups in total. The molecule has 2 aromatic heterocycles. The van der Waals surface area contributed by atoms with Crippen LogP contribution in [0.2, 0.25) is 0 Å². The van der Waals surface area contributed by atoms with E-state index in [1.165, 1.54) is 17.2 Å². The van der Waals surface area contributed by atoms with E-state index in [0.717, 1.165) is 35.7 Å². The smallest absolute Gasteiger partial charge is 0.175 e. The third-order valence-corrected chi connectivity index (χ3v) is 6.92. The fourth-order valence-electron chi connectivity index (χ4n) is 4.09. The Kier molecular flexibility index (Phi) is 5.13. The minimum atomic E-state index is -3.21. The fraction of sp³-hybridized carbons (Fsp3) is 0.261. The van der Waals surface area contributed by atoms with E-state index >= 15 is 0 Å². The highest BCUT2D eigenvalue weighted by molar-refractivity contribution is 7.90. The highest BCUT2D eigenvalue weighted by atomic mass is 32.2. The lowest BCUT2D eigenvalue weighted by molar-refractivity contribution is -0.0154.